The maximum Gasteiger partial charge on any atom is 0.255 e. The molecule has 4 nitrogen and oxygen atoms in total. The van der Waals surface area contributed by atoms with Crippen LogP contribution >= 0.6 is 15.9 Å². The first-order valence-electron chi connectivity index (χ1n) is 5.78. The molecule has 1 aliphatic rings. The van der Waals surface area contributed by atoms with Crippen molar-refractivity contribution in [1.82, 2.24) is 4.90 Å². The molecule has 0 bridgehead atoms. The van der Waals surface area contributed by atoms with Crippen molar-refractivity contribution >= 4 is 21.8 Å². The zero-order valence-electron chi connectivity index (χ0n) is 10.0. The van der Waals surface area contributed by atoms with Crippen molar-refractivity contribution in [2.24, 2.45) is 5.73 Å². The number of hydrogen-bond acceptors (Lipinski definition) is 3. The summed E-state index contributed by atoms with van der Waals surface area (Å²) in [5.41, 5.74) is 5.59. The Morgan fingerprint density at radius 2 is 2.16 bits per heavy atom. The Balaban J connectivity index is 2.22. The van der Waals surface area contributed by atoms with E-state index in [2.05, 4.69) is 15.9 Å². The first kappa shape index (κ1) is 14.4. The molecule has 1 aliphatic heterocycles. The van der Waals surface area contributed by atoms with Crippen LogP contribution < -0.4 is 5.73 Å². The molecule has 2 rings (SSSR count). The van der Waals surface area contributed by atoms with Crippen molar-refractivity contribution in [3.05, 3.63) is 33.8 Å². The zero-order chi connectivity index (χ0) is 14.0. The normalized spacial score (nSPS) is 19.6. The molecule has 0 radical (unpaired) electrons. The second kappa shape index (κ2) is 5.94. The molecule has 1 aromatic rings. The Hall–Kier alpha value is -1.05. The highest BCUT2D eigenvalue weighted by Crippen LogP contribution is 2.23. The van der Waals surface area contributed by atoms with Crippen LogP contribution in [0.3, 0.4) is 0 Å². The second-order valence-corrected chi connectivity index (χ2v) is 5.08. The number of amides is 1. The molecular weight excluding hydrogens is 322 g/mol. The van der Waals surface area contributed by atoms with Crippen LogP contribution in [-0.2, 0) is 4.74 Å². The van der Waals surface area contributed by atoms with Gasteiger partial charge in [-0.15, -0.1) is 0 Å². The van der Waals surface area contributed by atoms with E-state index in [1.54, 1.807) is 0 Å². The summed E-state index contributed by atoms with van der Waals surface area (Å²) in [6.07, 6.45) is -0.221. The molecule has 1 fully saturated rings. The number of hydrogen-bond donors (Lipinski definition) is 1. The molecule has 0 aliphatic carbocycles. The van der Waals surface area contributed by atoms with Gasteiger partial charge in [-0.3, -0.25) is 4.79 Å². The molecule has 1 heterocycles. The third kappa shape index (κ3) is 3.10. The minimum atomic E-state index is -1.05. The summed E-state index contributed by atoms with van der Waals surface area (Å²) in [6.45, 7) is 1.44. The van der Waals surface area contributed by atoms with Crippen molar-refractivity contribution in [1.29, 1.82) is 0 Å². The first-order chi connectivity index (χ1) is 9.02. The molecule has 2 N–H and O–H groups in total. The number of benzene rings is 1. The van der Waals surface area contributed by atoms with E-state index in [1.807, 2.05) is 0 Å². The molecule has 1 aromatic carbocycles. The van der Waals surface area contributed by atoms with Crippen LogP contribution in [0.5, 0.6) is 0 Å². The fourth-order valence-electron chi connectivity index (χ4n) is 1.90. The number of ether oxygens (including phenoxy) is 1. The number of morpholine rings is 1. The van der Waals surface area contributed by atoms with Crippen molar-refractivity contribution < 1.29 is 18.3 Å². The highest BCUT2D eigenvalue weighted by atomic mass is 79.9. The van der Waals surface area contributed by atoms with E-state index in [0.29, 0.717) is 26.2 Å². The van der Waals surface area contributed by atoms with Gasteiger partial charge in [0.05, 0.1) is 18.3 Å². The van der Waals surface area contributed by atoms with Gasteiger partial charge in [0.1, 0.15) is 0 Å². The average molecular weight is 335 g/mol. The van der Waals surface area contributed by atoms with Crippen LogP contribution in [-0.4, -0.2) is 43.2 Å². The summed E-state index contributed by atoms with van der Waals surface area (Å²) in [5, 5.41) is 0. The smallest absolute Gasteiger partial charge is 0.255 e. The Labute approximate surface area is 117 Å². The molecule has 0 saturated carbocycles. The van der Waals surface area contributed by atoms with E-state index >= 15 is 0 Å². The number of carbonyl (C=O) groups is 1. The van der Waals surface area contributed by atoms with E-state index in [1.165, 1.54) is 4.90 Å². The van der Waals surface area contributed by atoms with Crippen LogP contribution in [0.1, 0.15) is 10.4 Å². The van der Waals surface area contributed by atoms with Gasteiger partial charge in [-0.1, -0.05) is 0 Å². The van der Waals surface area contributed by atoms with E-state index in [4.69, 9.17) is 10.5 Å². The molecule has 19 heavy (non-hydrogen) atoms. The van der Waals surface area contributed by atoms with Crippen LogP contribution in [0, 0.1) is 11.6 Å². The predicted molar refractivity (Wildman–Crippen MR) is 68.8 cm³/mol. The lowest BCUT2D eigenvalue weighted by molar-refractivity contribution is -0.0168. The van der Waals surface area contributed by atoms with E-state index < -0.39 is 11.6 Å². The molecule has 7 heteroatoms. The Kier molecular flexibility index (Phi) is 4.49. The number of nitrogens with two attached hydrogens (primary N) is 1. The molecule has 1 unspecified atom stereocenters. The SMILES string of the molecule is NCC1CN(C(=O)c2cc(F)c(F)cc2Br)CCO1. The topological polar surface area (TPSA) is 55.6 Å². The molecule has 1 saturated heterocycles. The van der Waals surface area contributed by atoms with Gasteiger partial charge in [-0.05, 0) is 28.1 Å². The first-order valence-corrected chi connectivity index (χ1v) is 6.57. The highest BCUT2D eigenvalue weighted by molar-refractivity contribution is 9.10. The zero-order valence-corrected chi connectivity index (χ0v) is 11.6. The average Bonchev–Trinajstić information content (AvgIpc) is 2.42. The van der Waals surface area contributed by atoms with Crippen LogP contribution in [0.15, 0.2) is 16.6 Å². The lowest BCUT2D eigenvalue weighted by Gasteiger charge is -2.32. The van der Waals surface area contributed by atoms with Gasteiger partial charge in [-0.25, -0.2) is 8.78 Å². The quantitative estimate of drug-likeness (QED) is 0.834. The molecule has 1 amide bonds. The minimum Gasteiger partial charge on any atom is -0.373 e. The monoisotopic (exact) mass is 334 g/mol. The molecule has 0 spiro atoms. The van der Waals surface area contributed by atoms with Crippen LogP contribution in [0.4, 0.5) is 8.78 Å². The fraction of sp³-hybridized carbons (Fsp3) is 0.417. The lowest BCUT2D eigenvalue weighted by Crippen LogP contribution is -2.48. The van der Waals surface area contributed by atoms with Crippen molar-refractivity contribution in [3.63, 3.8) is 0 Å². The molecule has 1 atom stereocenters. The summed E-state index contributed by atoms with van der Waals surface area (Å²) in [5.74, 6) is -2.41. The molecule has 0 aromatic heterocycles. The Morgan fingerprint density at radius 1 is 1.47 bits per heavy atom. The van der Waals surface area contributed by atoms with Crippen molar-refractivity contribution in [2.75, 3.05) is 26.2 Å². The summed E-state index contributed by atoms with van der Waals surface area (Å²) >= 11 is 3.07. The largest absolute Gasteiger partial charge is 0.373 e. The second-order valence-electron chi connectivity index (χ2n) is 4.23. The van der Waals surface area contributed by atoms with Gasteiger partial charge < -0.3 is 15.4 Å². The van der Waals surface area contributed by atoms with Crippen LogP contribution in [0.2, 0.25) is 0 Å². The Bertz CT molecular complexity index is 499. The minimum absolute atomic E-state index is 0.0940. The number of rotatable bonds is 2. The summed E-state index contributed by atoms with van der Waals surface area (Å²) in [7, 11) is 0. The fourth-order valence-corrected chi connectivity index (χ4v) is 2.39. The van der Waals surface area contributed by atoms with E-state index in [0.717, 1.165) is 12.1 Å². The maximum atomic E-state index is 13.2. The standard InChI is InChI=1S/C12H13BrF2N2O2/c13-9-4-11(15)10(14)3-8(9)12(18)17-1-2-19-7(5-16)6-17/h3-4,7H,1-2,5-6,16H2. The third-order valence-electron chi connectivity index (χ3n) is 2.93. The predicted octanol–water partition coefficient (Wildman–Crippen LogP) is 1.53. The van der Waals surface area contributed by atoms with E-state index in [-0.39, 0.29) is 22.0 Å². The van der Waals surface area contributed by atoms with Crippen molar-refractivity contribution in [2.45, 2.75) is 6.10 Å². The summed E-state index contributed by atoms with van der Waals surface area (Å²) in [6, 6.07) is 1.85. The van der Waals surface area contributed by atoms with Gasteiger partial charge in [0.2, 0.25) is 0 Å². The van der Waals surface area contributed by atoms with Crippen LogP contribution in [0.25, 0.3) is 0 Å². The van der Waals surface area contributed by atoms with Crippen molar-refractivity contribution in [3.8, 4) is 0 Å². The maximum absolute atomic E-state index is 13.2. The highest BCUT2D eigenvalue weighted by Gasteiger charge is 2.26. The van der Waals surface area contributed by atoms with Gasteiger partial charge in [0.15, 0.2) is 11.6 Å². The third-order valence-corrected chi connectivity index (χ3v) is 3.59. The van der Waals surface area contributed by atoms with Gasteiger partial charge in [0.25, 0.3) is 5.91 Å². The number of halogens is 3. The molecular formula is C12H13BrF2N2O2. The number of nitrogens with zero attached hydrogens (tertiary/aromatic N) is 1. The number of carbonyl (C=O) groups excluding carboxylic acids is 1. The summed E-state index contributed by atoms with van der Waals surface area (Å²) < 4.78 is 31.8. The van der Waals surface area contributed by atoms with E-state index in [9.17, 15) is 13.6 Å². The Morgan fingerprint density at radius 3 is 2.84 bits per heavy atom. The lowest BCUT2D eigenvalue weighted by atomic mass is 10.1. The van der Waals surface area contributed by atoms with Gasteiger partial charge in [-0.2, -0.15) is 0 Å². The molecule has 104 valence electrons. The van der Waals surface area contributed by atoms with Gasteiger partial charge >= 0.3 is 0 Å². The van der Waals surface area contributed by atoms with Gasteiger partial charge in [0, 0.05) is 24.1 Å². The summed E-state index contributed by atoms with van der Waals surface area (Å²) in [4.78, 5) is 13.8.